The second-order valence-corrected chi connectivity index (χ2v) is 11.6. The summed E-state index contributed by atoms with van der Waals surface area (Å²) in [6.07, 6.45) is 0. The number of nitrogens with zero attached hydrogens (tertiary/aromatic N) is 2. The van der Waals surface area contributed by atoms with E-state index in [1.807, 2.05) is 66.2 Å². The highest BCUT2D eigenvalue weighted by molar-refractivity contribution is 8.17. The zero-order valence-electron chi connectivity index (χ0n) is 19.0. The highest BCUT2D eigenvalue weighted by Crippen LogP contribution is 2.63. The largest absolute Gasteiger partial charge is 1.00 e. The number of halogens is 1. The Kier molecular flexibility index (Phi) is 7.90. The minimum atomic E-state index is -2.84. The molecule has 0 atom stereocenters. The first kappa shape index (κ1) is 24.7. The van der Waals surface area contributed by atoms with Crippen molar-refractivity contribution in [3.63, 3.8) is 0 Å². The molecule has 0 aromatic heterocycles. The molecule has 0 aliphatic carbocycles. The summed E-state index contributed by atoms with van der Waals surface area (Å²) < 4.78 is 22.2. The molecule has 4 nitrogen and oxygen atoms in total. The van der Waals surface area contributed by atoms with E-state index in [1.54, 1.807) is 18.9 Å². The Hall–Kier alpha value is -2.43. The van der Waals surface area contributed by atoms with Crippen molar-refractivity contribution in [2.45, 2.75) is 0 Å². The Labute approximate surface area is 212 Å². The van der Waals surface area contributed by atoms with E-state index in [0.717, 1.165) is 58.6 Å². The predicted octanol–water partition coefficient (Wildman–Crippen LogP) is 3.84. The number of rotatable bonds is 5. The van der Waals surface area contributed by atoms with Crippen LogP contribution in [-0.2, 0) is 4.57 Å². The lowest BCUT2D eigenvalue weighted by atomic mass is 10.2. The maximum absolute atomic E-state index is 14.4. The second-order valence-electron chi connectivity index (χ2n) is 8.11. The molecule has 0 amide bonds. The molecular weight excluding hydrogens is 483 g/mol. The summed E-state index contributed by atoms with van der Waals surface area (Å²) in [5, 5.41) is 0. The van der Waals surface area contributed by atoms with E-state index in [1.165, 1.54) is 0 Å². The summed E-state index contributed by atoms with van der Waals surface area (Å²) in [4.78, 5) is 4.45. The summed E-state index contributed by atoms with van der Waals surface area (Å²) in [6, 6.07) is 28.7. The predicted molar refractivity (Wildman–Crippen MR) is 141 cm³/mol. The molecule has 0 saturated carbocycles. The topological polar surface area (TPSA) is 32.8 Å². The van der Waals surface area contributed by atoms with Gasteiger partial charge in [0.2, 0.25) is 0 Å². The zero-order chi connectivity index (χ0) is 22.7. The molecule has 176 valence electrons. The standard InChI is InChI=1S/C27H27N2O2PS.ClH/c1-31-25-15-9-8-14-24(25)28-16-18-29(19-17-28)32(30)20-26(22-10-4-2-5-11-22)33-27(21-32)23-12-6-3-7-13-23;/h2-15,20-21H,16-19H2,1H3;1H/p-1. The van der Waals surface area contributed by atoms with Gasteiger partial charge in [0.15, 0.2) is 7.29 Å². The number of piperazine rings is 1. The molecule has 0 radical (unpaired) electrons. The smallest absolute Gasteiger partial charge is 0.195 e. The normalized spacial score (nSPS) is 17.9. The van der Waals surface area contributed by atoms with E-state index in [-0.39, 0.29) is 12.4 Å². The van der Waals surface area contributed by atoms with Gasteiger partial charge < -0.3 is 22.0 Å². The van der Waals surface area contributed by atoms with Crippen molar-refractivity contribution in [1.82, 2.24) is 4.67 Å². The van der Waals surface area contributed by atoms with Gasteiger partial charge >= 0.3 is 0 Å². The number of hydrogen-bond acceptors (Lipinski definition) is 4. The van der Waals surface area contributed by atoms with Crippen LogP contribution in [0.2, 0.25) is 0 Å². The van der Waals surface area contributed by atoms with Gasteiger partial charge in [0.05, 0.1) is 12.8 Å². The van der Waals surface area contributed by atoms with Crippen molar-refractivity contribution >= 4 is 34.6 Å². The quantitative estimate of drug-likeness (QED) is 0.488. The van der Waals surface area contributed by atoms with Crippen molar-refractivity contribution in [1.29, 1.82) is 0 Å². The molecule has 3 aromatic carbocycles. The van der Waals surface area contributed by atoms with Gasteiger partial charge in [0.1, 0.15) is 5.75 Å². The van der Waals surface area contributed by atoms with Gasteiger partial charge in [0, 0.05) is 47.6 Å². The van der Waals surface area contributed by atoms with Crippen LogP contribution in [0.5, 0.6) is 5.75 Å². The highest BCUT2D eigenvalue weighted by atomic mass is 35.5. The Morgan fingerprint density at radius 2 is 1.24 bits per heavy atom. The number of para-hydroxylation sites is 2. The van der Waals surface area contributed by atoms with Crippen LogP contribution < -0.4 is 22.0 Å². The minimum Gasteiger partial charge on any atom is -1.00 e. The van der Waals surface area contributed by atoms with E-state index in [2.05, 4.69) is 39.9 Å². The van der Waals surface area contributed by atoms with Gasteiger partial charge in [-0.3, -0.25) is 4.57 Å². The van der Waals surface area contributed by atoms with Crippen LogP contribution in [0.4, 0.5) is 5.69 Å². The van der Waals surface area contributed by atoms with Crippen molar-refractivity contribution in [2.24, 2.45) is 0 Å². The third-order valence-electron chi connectivity index (χ3n) is 6.06. The molecule has 5 rings (SSSR count). The Morgan fingerprint density at radius 3 is 1.76 bits per heavy atom. The average Bonchev–Trinajstić information content (AvgIpc) is 2.89. The third kappa shape index (κ3) is 5.13. The molecule has 34 heavy (non-hydrogen) atoms. The van der Waals surface area contributed by atoms with Crippen LogP contribution in [0.3, 0.4) is 0 Å². The molecule has 3 aromatic rings. The lowest BCUT2D eigenvalue weighted by Gasteiger charge is -2.39. The van der Waals surface area contributed by atoms with Crippen LogP contribution in [0.1, 0.15) is 11.1 Å². The number of anilines is 1. The number of methoxy groups -OCH3 is 1. The molecule has 2 heterocycles. The molecule has 0 N–H and O–H groups in total. The van der Waals surface area contributed by atoms with Gasteiger partial charge in [-0.1, -0.05) is 84.6 Å². The number of thioether (sulfide) groups is 1. The van der Waals surface area contributed by atoms with Gasteiger partial charge in [-0.05, 0) is 23.3 Å². The SMILES string of the molecule is COc1ccccc1N1CCN(P2(=O)C=C(c3ccccc3)SC(c3ccccc3)=C2)CC1.[Cl-]. The summed E-state index contributed by atoms with van der Waals surface area (Å²) in [5.74, 6) is 4.90. The minimum absolute atomic E-state index is 0. The molecule has 1 saturated heterocycles. The molecule has 7 heteroatoms. The lowest BCUT2D eigenvalue weighted by Crippen LogP contribution is -3.00. The lowest BCUT2D eigenvalue weighted by molar-refractivity contribution is -0.00000805. The van der Waals surface area contributed by atoms with E-state index in [9.17, 15) is 4.57 Å². The van der Waals surface area contributed by atoms with Gasteiger partial charge in [-0.25, -0.2) is 4.67 Å². The number of ether oxygens (including phenoxy) is 1. The third-order valence-corrected chi connectivity index (χ3v) is 10.1. The Morgan fingerprint density at radius 1 is 0.735 bits per heavy atom. The number of hydrogen-bond donors (Lipinski definition) is 0. The first-order valence-electron chi connectivity index (χ1n) is 11.1. The van der Waals surface area contributed by atoms with Crippen molar-refractivity contribution in [3.8, 4) is 5.75 Å². The fourth-order valence-electron chi connectivity index (χ4n) is 4.32. The maximum atomic E-state index is 14.4. The molecule has 2 aliphatic heterocycles. The fourth-order valence-corrected chi connectivity index (χ4v) is 8.57. The monoisotopic (exact) mass is 509 g/mol. The van der Waals surface area contributed by atoms with E-state index in [4.69, 9.17) is 4.74 Å². The van der Waals surface area contributed by atoms with Crippen LogP contribution in [0.25, 0.3) is 9.81 Å². The van der Waals surface area contributed by atoms with E-state index >= 15 is 0 Å². The molecule has 0 spiro atoms. The van der Waals surface area contributed by atoms with Crippen molar-refractivity contribution in [3.05, 3.63) is 108 Å². The summed E-state index contributed by atoms with van der Waals surface area (Å²) in [6.45, 7) is 3.08. The van der Waals surface area contributed by atoms with Crippen molar-refractivity contribution < 1.29 is 21.7 Å². The fraction of sp³-hybridized carbons (Fsp3) is 0.185. The van der Waals surface area contributed by atoms with Crippen LogP contribution in [0.15, 0.2) is 96.6 Å². The Balaban J connectivity index is 0.00000274. The Bertz CT molecular complexity index is 1170. The van der Waals surface area contributed by atoms with E-state index < -0.39 is 7.29 Å². The van der Waals surface area contributed by atoms with Crippen molar-refractivity contribution in [2.75, 3.05) is 38.2 Å². The highest BCUT2D eigenvalue weighted by Gasteiger charge is 2.34. The summed E-state index contributed by atoms with van der Waals surface area (Å²) >= 11 is 1.70. The molecule has 0 bridgehead atoms. The zero-order valence-corrected chi connectivity index (χ0v) is 21.5. The van der Waals surface area contributed by atoms with Crippen LogP contribution >= 0.6 is 19.1 Å². The van der Waals surface area contributed by atoms with Gasteiger partial charge in [-0.15, -0.1) is 0 Å². The molecular formula is C27H27ClN2O2PS-. The number of benzene rings is 3. The average molecular weight is 510 g/mol. The first-order valence-corrected chi connectivity index (χ1v) is 13.7. The van der Waals surface area contributed by atoms with E-state index in [0.29, 0.717) is 0 Å². The second kappa shape index (κ2) is 10.9. The molecule has 2 aliphatic rings. The summed E-state index contributed by atoms with van der Waals surface area (Å²) in [5.41, 5.74) is 3.31. The molecule has 1 fully saturated rings. The first-order chi connectivity index (χ1) is 16.2. The maximum Gasteiger partial charge on any atom is 0.195 e. The summed E-state index contributed by atoms with van der Waals surface area (Å²) in [7, 11) is -1.13. The van der Waals surface area contributed by atoms with Crippen LogP contribution in [0, 0.1) is 0 Å². The van der Waals surface area contributed by atoms with Crippen LogP contribution in [-0.4, -0.2) is 38.0 Å². The van der Waals surface area contributed by atoms with Gasteiger partial charge in [0.25, 0.3) is 0 Å². The van der Waals surface area contributed by atoms with Gasteiger partial charge in [-0.2, -0.15) is 0 Å². The molecule has 0 unspecified atom stereocenters.